The number of anilines is 4. The van der Waals surface area contributed by atoms with E-state index in [9.17, 15) is 0 Å². The third-order valence-electron chi connectivity index (χ3n) is 4.56. The van der Waals surface area contributed by atoms with Crippen LogP contribution in [0.15, 0.2) is 115 Å². The molecule has 0 aromatic heterocycles. The molecule has 0 heterocycles. The van der Waals surface area contributed by atoms with E-state index in [2.05, 4.69) is 87.9 Å². The second-order valence-corrected chi connectivity index (χ2v) is 9.32. The van der Waals surface area contributed by atoms with Gasteiger partial charge in [-0.3, -0.25) is 0 Å². The summed E-state index contributed by atoms with van der Waals surface area (Å²) in [6.07, 6.45) is 0. The Morgan fingerprint density at radius 2 is 0.710 bits per heavy atom. The van der Waals surface area contributed by atoms with Crippen LogP contribution in [0, 0.1) is 6.92 Å². The van der Waals surface area contributed by atoms with Crippen molar-refractivity contribution in [3.63, 3.8) is 0 Å². The normalized spacial score (nSPS) is 10.5. The maximum absolute atomic E-state index is 3.74. The van der Waals surface area contributed by atoms with Crippen molar-refractivity contribution < 1.29 is 12.4 Å². The van der Waals surface area contributed by atoms with Crippen LogP contribution in [0.4, 0.5) is 22.7 Å². The fourth-order valence-corrected chi connectivity index (χ4v) is 5.59. The summed E-state index contributed by atoms with van der Waals surface area (Å²) in [6, 6.07) is 39.2. The maximum Gasteiger partial charge on any atom is 0.395 e. The van der Waals surface area contributed by atoms with Crippen molar-refractivity contribution in [3.8, 4) is 0 Å². The number of aryl methyl sites for hydroxylation is 1. The minimum atomic E-state index is -2.40. The van der Waals surface area contributed by atoms with E-state index in [-0.39, 0.29) is 12.4 Å². The van der Waals surface area contributed by atoms with Crippen LogP contribution >= 0.6 is 7.87 Å². The molecule has 0 bridgehead atoms. The number of halogens is 1. The Morgan fingerprint density at radius 3 is 1.03 bits per heavy atom. The SMILES string of the molecule is Cc1ccc(N[P+](Nc2ccccc2)(Nc2ccccc2)Nc2ccccc2)cc1.[Cl-]. The minimum Gasteiger partial charge on any atom is -1.00 e. The van der Waals surface area contributed by atoms with Gasteiger partial charge in [-0.1, -0.05) is 72.3 Å². The third kappa shape index (κ3) is 6.39. The molecule has 6 heteroatoms. The van der Waals surface area contributed by atoms with Gasteiger partial charge in [0, 0.05) is 0 Å². The number of nitrogens with one attached hydrogen (secondary N) is 4. The topological polar surface area (TPSA) is 48.1 Å². The summed E-state index contributed by atoms with van der Waals surface area (Å²) in [5.74, 6) is 0. The van der Waals surface area contributed by atoms with Gasteiger partial charge in [0.1, 0.15) is 0 Å². The lowest BCUT2D eigenvalue weighted by atomic mass is 10.2. The highest BCUT2D eigenvalue weighted by molar-refractivity contribution is 7.81. The lowest BCUT2D eigenvalue weighted by molar-refractivity contribution is -0.00000603. The van der Waals surface area contributed by atoms with Crippen LogP contribution in [0.2, 0.25) is 0 Å². The van der Waals surface area contributed by atoms with Gasteiger partial charge in [-0.25, -0.2) is 20.3 Å². The Kier molecular flexibility index (Phi) is 7.77. The van der Waals surface area contributed by atoms with E-state index < -0.39 is 7.87 Å². The second kappa shape index (κ2) is 10.7. The molecule has 4 aromatic rings. The molecule has 0 aliphatic rings. The van der Waals surface area contributed by atoms with Gasteiger partial charge in [-0.2, -0.15) is 0 Å². The molecule has 0 aliphatic carbocycles. The highest BCUT2D eigenvalue weighted by Gasteiger charge is 2.40. The van der Waals surface area contributed by atoms with Gasteiger partial charge in [0.15, 0.2) is 0 Å². The molecule has 0 spiro atoms. The molecule has 0 saturated carbocycles. The molecule has 31 heavy (non-hydrogen) atoms. The van der Waals surface area contributed by atoms with Crippen molar-refractivity contribution in [3.05, 3.63) is 121 Å². The predicted octanol–water partition coefficient (Wildman–Crippen LogP) is 4.42. The molecule has 0 fully saturated rings. The summed E-state index contributed by atoms with van der Waals surface area (Å²) in [4.78, 5) is 0. The highest BCUT2D eigenvalue weighted by atomic mass is 35.5. The van der Waals surface area contributed by atoms with Gasteiger partial charge in [-0.05, 0) is 55.5 Å². The molecule has 0 unspecified atom stereocenters. The quantitative estimate of drug-likeness (QED) is 0.301. The van der Waals surface area contributed by atoms with Gasteiger partial charge in [0.05, 0.1) is 22.7 Å². The molecule has 0 aliphatic heterocycles. The van der Waals surface area contributed by atoms with Gasteiger partial charge in [0.2, 0.25) is 0 Å². The van der Waals surface area contributed by atoms with Crippen LogP contribution in [-0.2, 0) is 0 Å². The second-order valence-electron chi connectivity index (χ2n) is 7.08. The lowest BCUT2D eigenvalue weighted by Crippen LogP contribution is -3.00. The fourth-order valence-electron chi connectivity index (χ4n) is 3.11. The first-order valence-electron chi connectivity index (χ1n) is 9.95. The zero-order valence-electron chi connectivity index (χ0n) is 17.3. The van der Waals surface area contributed by atoms with E-state index in [0.717, 1.165) is 22.7 Å². The van der Waals surface area contributed by atoms with Crippen LogP contribution in [0.1, 0.15) is 5.56 Å². The maximum atomic E-state index is 3.74. The van der Waals surface area contributed by atoms with Gasteiger partial charge >= 0.3 is 7.87 Å². The fraction of sp³-hybridized carbons (Fsp3) is 0.0400. The first-order chi connectivity index (χ1) is 14.7. The van der Waals surface area contributed by atoms with Crippen LogP contribution in [0.3, 0.4) is 0 Å². The van der Waals surface area contributed by atoms with E-state index in [1.165, 1.54) is 5.56 Å². The van der Waals surface area contributed by atoms with Crippen LogP contribution in [0.5, 0.6) is 0 Å². The monoisotopic (exact) mass is 448 g/mol. The van der Waals surface area contributed by atoms with E-state index in [4.69, 9.17) is 0 Å². The van der Waals surface area contributed by atoms with Crippen LogP contribution < -0.4 is 32.8 Å². The van der Waals surface area contributed by atoms with Gasteiger partial charge in [0.25, 0.3) is 0 Å². The van der Waals surface area contributed by atoms with E-state index >= 15 is 0 Å². The number of hydrogen-bond donors (Lipinski definition) is 4. The van der Waals surface area contributed by atoms with Crippen molar-refractivity contribution in [2.75, 3.05) is 20.3 Å². The Bertz CT molecular complexity index is 944. The number of hydrogen-bond acceptors (Lipinski definition) is 4. The summed E-state index contributed by atoms with van der Waals surface area (Å²) in [7, 11) is -2.40. The molecule has 0 atom stereocenters. The molecular formula is C25H26ClN4P. The molecule has 4 nitrogen and oxygen atoms in total. The van der Waals surface area contributed by atoms with Crippen molar-refractivity contribution in [2.45, 2.75) is 6.92 Å². The smallest absolute Gasteiger partial charge is 0.395 e. The van der Waals surface area contributed by atoms with E-state index in [0.29, 0.717) is 0 Å². The molecular weight excluding hydrogens is 423 g/mol. The zero-order chi connectivity index (χ0) is 20.7. The Hall–Kier alpha value is -3.20. The summed E-state index contributed by atoms with van der Waals surface area (Å²) in [6.45, 7) is 2.10. The molecule has 4 N–H and O–H groups in total. The first kappa shape index (κ1) is 22.5. The third-order valence-corrected chi connectivity index (χ3v) is 6.93. The number of benzene rings is 4. The summed E-state index contributed by atoms with van der Waals surface area (Å²) in [5, 5.41) is 14.9. The average Bonchev–Trinajstić information content (AvgIpc) is 2.77. The minimum absolute atomic E-state index is 0. The predicted molar refractivity (Wildman–Crippen MR) is 132 cm³/mol. The summed E-state index contributed by atoms with van der Waals surface area (Å²) in [5.41, 5.74) is 5.34. The highest BCUT2D eigenvalue weighted by Crippen LogP contribution is 2.56. The van der Waals surface area contributed by atoms with E-state index in [1.807, 2.05) is 54.6 Å². The Balaban J connectivity index is 0.00000272. The standard InChI is InChI=1S/C25H26N4P.ClH/c1-21-17-19-25(20-18-21)29-30(26-22-11-5-2-6-12-22,27-23-13-7-3-8-14-23)28-24-15-9-4-10-16-24;/h2-20,26-29H,1H3;1H/q+1;/p-1. The van der Waals surface area contributed by atoms with Gasteiger partial charge < -0.3 is 12.4 Å². The number of rotatable bonds is 8. The molecule has 158 valence electrons. The van der Waals surface area contributed by atoms with Crippen molar-refractivity contribution in [1.29, 1.82) is 0 Å². The van der Waals surface area contributed by atoms with E-state index in [1.54, 1.807) is 0 Å². The van der Waals surface area contributed by atoms with Crippen LogP contribution in [-0.4, -0.2) is 0 Å². The molecule has 4 aromatic carbocycles. The summed E-state index contributed by atoms with van der Waals surface area (Å²) >= 11 is 0. The number of para-hydroxylation sites is 3. The largest absolute Gasteiger partial charge is 1.00 e. The van der Waals surface area contributed by atoms with Crippen molar-refractivity contribution in [1.82, 2.24) is 0 Å². The van der Waals surface area contributed by atoms with Crippen LogP contribution in [0.25, 0.3) is 0 Å². The molecule has 4 rings (SSSR count). The molecule has 0 amide bonds. The average molecular weight is 449 g/mol. The lowest BCUT2D eigenvalue weighted by Gasteiger charge is -2.29. The molecule has 0 saturated heterocycles. The van der Waals surface area contributed by atoms with Crippen molar-refractivity contribution in [2.24, 2.45) is 0 Å². The first-order valence-corrected chi connectivity index (χ1v) is 11.7. The van der Waals surface area contributed by atoms with Crippen molar-refractivity contribution >= 4 is 30.6 Å². The Morgan fingerprint density at radius 1 is 0.419 bits per heavy atom. The summed E-state index contributed by atoms with van der Waals surface area (Å²) < 4.78 is 0. The Labute approximate surface area is 191 Å². The van der Waals surface area contributed by atoms with Gasteiger partial charge in [-0.15, -0.1) is 0 Å². The zero-order valence-corrected chi connectivity index (χ0v) is 18.9. The molecule has 0 radical (unpaired) electrons.